The molecule has 0 radical (unpaired) electrons. The van der Waals surface area contributed by atoms with Gasteiger partial charge in [-0.15, -0.1) is 0 Å². The van der Waals surface area contributed by atoms with E-state index in [0.717, 1.165) is 19.3 Å². The van der Waals surface area contributed by atoms with Crippen LogP contribution in [0.15, 0.2) is 72.9 Å². The number of carbonyl (C=O) groups is 1. The lowest BCUT2D eigenvalue weighted by atomic mass is 10.1. The van der Waals surface area contributed by atoms with Gasteiger partial charge in [0.05, 0.1) is 6.10 Å². The third-order valence-electron chi connectivity index (χ3n) is 3.24. The molecule has 0 rings (SSSR count). The van der Waals surface area contributed by atoms with Gasteiger partial charge >= 0.3 is 5.97 Å². The fraction of sp³-hybridized carbons (Fsp3) is 0.409. The number of allylic oxidation sites excluding steroid dienone is 10. The van der Waals surface area contributed by atoms with Gasteiger partial charge in [0.2, 0.25) is 0 Å². The van der Waals surface area contributed by atoms with Gasteiger partial charge < -0.3 is 10.2 Å². The van der Waals surface area contributed by atoms with Crippen molar-refractivity contribution in [2.75, 3.05) is 0 Å². The van der Waals surface area contributed by atoms with Crippen LogP contribution in [0.2, 0.25) is 0 Å². The summed E-state index contributed by atoms with van der Waals surface area (Å²) in [5.41, 5.74) is 0. The summed E-state index contributed by atoms with van der Waals surface area (Å²) < 4.78 is 0. The van der Waals surface area contributed by atoms with Crippen LogP contribution in [0.5, 0.6) is 0 Å². The summed E-state index contributed by atoms with van der Waals surface area (Å²) in [6, 6.07) is 0. The van der Waals surface area contributed by atoms with Gasteiger partial charge in [-0.05, 0) is 38.5 Å². The number of aliphatic hydroxyl groups is 1. The number of carboxylic acids is 1. The van der Waals surface area contributed by atoms with Gasteiger partial charge in [0.1, 0.15) is 0 Å². The minimum Gasteiger partial charge on any atom is -0.481 e. The average molecular weight is 344 g/mol. The van der Waals surface area contributed by atoms with Crippen molar-refractivity contribution in [3.8, 4) is 0 Å². The summed E-state index contributed by atoms with van der Waals surface area (Å²) >= 11 is 0. The van der Waals surface area contributed by atoms with E-state index >= 15 is 0 Å². The van der Waals surface area contributed by atoms with Crippen molar-refractivity contribution < 1.29 is 15.0 Å². The summed E-state index contributed by atoms with van der Waals surface area (Å²) in [7, 11) is 0. The number of aliphatic carboxylic acids is 1. The molecule has 1 atom stereocenters. The maximum Gasteiger partial charge on any atom is 0.303 e. The maximum absolute atomic E-state index is 10.3. The first kappa shape index (κ1) is 22.9. The standard InChI is InChI=1S/C22H32O3/c1-2-3-4-5-6-7-8-9-10-11-12-13-15-18-21(23)19-16-14-17-20-22(24)25/h3-4,7-16,21,23H,2,5-6,17-20H2,1H3,(H,24,25)/b4-3-,8-7+,10-9-,12-11+,15-13+,16-14-/t21-/m1/s1. The van der Waals surface area contributed by atoms with Crippen LogP contribution in [0.4, 0.5) is 0 Å². The molecule has 0 aliphatic heterocycles. The van der Waals surface area contributed by atoms with Gasteiger partial charge in [-0.1, -0.05) is 79.8 Å². The number of carboxylic acid groups (broad SMARTS) is 1. The first-order valence-electron chi connectivity index (χ1n) is 9.01. The van der Waals surface area contributed by atoms with Crippen molar-refractivity contribution in [3.63, 3.8) is 0 Å². The lowest BCUT2D eigenvalue weighted by Crippen LogP contribution is -2.02. The van der Waals surface area contributed by atoms with E-state index in [1.54, 1.807) is 6.08 Å². The molecule has 0 saturated carbocycles. The van der Waals surface area contributed by atoms with Gasteiger partial charge in [0.15, 0.2) is 0 Å². The summed E-state index contributed by atoms with van der Waals surface area (Å²) in [6.45, 7) is 2.14. The van der Waals surface area contributed by atoms with Crippen LogP contribution in [0.3, 0.4) is 0 Å². The molecular weight excluding hydrogens is 312 g/mol. The molecule has 138 valence electrons. The van der Waals surface area contributed by atoms with Crippen LogP contribution in [-0.2, 0) is 4.79 Å². The van der Waals surface area contributed by atoms with E-state index in [9.17, 15) is 9.90 Å². The summed E-state index contributed by atoms with van der Waals surface area (Å²) in [5.74, 6) is -0.798. The minimum atomic E-state index is -0.798. The molecule has 0 aliphatic carbocycles. The van der Waals surface area contributed by atoms with E-state index in [4.69, 9.17) is 5.11 Å². The number of hydrogen-bond acceptors (Lipinski definition) is 2. The highest BCUT2D eigenvalue weighted by molar-refractivity contribution is 5.66. The van der Waals surface area contributed by atoms with Crippen LogP contribution in [0, 0.1) is 0 Å². The Hall–Kier alpha value is -2.13. The van der Waals surface area contributed by atoms with Crippen molar-refractivity contribution >= 4 is 5.97 Å². The molecule has 2 N–H and O–H groups in total. The number of rotatable bonds is 14. The Morgan fingerprint density at radius 2 is 1.32 bits per heavy atom. The molecule has 0 aromatic heterocycles. The third-order valence-corrected chi connectivity index (χ3v) is 3.24. The smallest absolute Gasteiger partial charge is 0.303 e. The maximum atomic E-state index is 10.3. The zero-order chi connectivity index (χ0) is 18.6. The van der Waals surface area contributed by atoms with E-state index in [1.807, 2.05) is 48.6 Å². The molecule has 0 saturated heterocycles. The van der Waals surface area contributed by atoms with Crippen molar-refractivity contribution in [3.05, 3.63) is 72.9 Å². The fourth-order valence-corrected chi connectivity index (χ4v) is 1.90. The largest absolute Gasteiger partial charge is 0.481 e. The normalized spacial score (nSPS) is 14.3. The molecule has 0 spiro atoms. The third kappa shape index (κ3) is 19.8. The Labute approximate surface area is 152 Å². The quantitative estimate of drug-likeness (QED) is 0.248. The van der Waals surface area contributed by atoms with Gasteiger partial charge in [-0.25, -0.2) is 0 Å². The second-order valence-electron chi connectivity index (χ2n) is 5.61. The van der Waals surface area contributed by atoms with E-state index in [2.05, 4.69) is 25.2 Å². The first-order chi connectivity index (χ1) is 12.2. The second kappa shape index (κ2) is 18.2. The molecule has 0 unspecified atom stereocenters. The Kier molecular flexibility index (Phi) is 16.7. The summed E-state index contributed by atoms with van der Waals surface area (Å²) in [5, 5.41) is 18.3. The molecular formula is C22H32O3. The van der Waals surface area contributed by atoms with E-state index in [-0.39, 0.29) is 6.42 Å². The lowest BCUT2D eigenvalue weighted by Gasteiger charge is -2.02. The lowest BCUT2D eigenvalue weighted by molar-refractivity contribution is -0.136. The molecule has 0 amide bonds. The van der Waals surface area contributed by atoms with Crippen molar-refractivity contribution in [2.24, 2.45) is 0 Å². The van der Waals surface area contributed by atoms with E-state index < -0.39 is 12.1 Å². The number of aliphatic hydroxyl groups excluding tert-OH is 1. The van der Waals surface area contributed by atoms with Crippen molar-refractivity contribution in [1.29, 1.82) is 0 Å². The first-order valence-corrected chi connectivity index (χ1v) is 9.01. The van der Waals surface area contributed by atoms with Crippen LogP contribution >= 0.6 is 0 Å². The zero-order valence-electron chi connectivity index (χ0n) is 15.3. The van der Waals surface area contributed by atoms with Crippen LogP contribution in [0.25, 0.3) is 0 Å². The molecule has 0 heterocycles. The fourth-order valence-electron chi connectivity index (χ4n) is 1.90. The summed E-state index contributed by atoms with van der Waals surface area (Å²) in [4.78, 5) is 10.3. The molecule has 3 heteroatoms. The van der Waals surface area contributed by atoms with Crippen molar-refractivity contribution in [2.45, 2.75) is 58.0 Å². The molecule has 0 bridgehead atoms. The number of hydrogen-bond donors (Lipinski definition) is 2. The van der Waals surface area contributed by atoms with Crippen LogP contribution < -0.4 is 0 Å². The minimum absolute atomic E-state index is 0.135. The van der Waals surface area contributed by atoms with Crippen molar-refractivity contribution in [1.82, 2.24) is 0 Å². The van der Waals surface area contributed by atoms with Crippen LogP contribution in [0.1, 0.15) is 51.9 Å². The molecule has 0 aromatic carbocycles. The zero-order valence-corrected chi connectivity index (χ0v) is 15.3. The molecule has 25 heavy (non-hydrogen) atoms. The monoisotopic (exact) mass is 344 g/mol. The van der Waals surface area contributed by atoms with Gasteiger partial charge in [-0.3, -0.25) is 4.79 Å². The predicted octanol–water partition coefficient (Wildman–Crippen LogP) is 5.52. The highest BCUT2D eigenvalue weighted by atomic mass is 16.4. The highest BCUT2D eigenvalue weighted by Gasteiger charge is 1.97. The Morgan fingerprint density at radius 1 is 0.760 bits per heavy atom. The molecule has 0 aliphatic rings. The van der Waals surface area contributed by atoms with Crippen LogP contribution in [-0.4, -0.2) is 22.3 Å². The highest BCUT2D eigenvalue weighted by Crippen LogP contribution is 2.02. The molecule has 3 nitrogen and oxygen atoms in total. The van der Waals surface area contributed by atoms with E-state index in [0.29, 0.717) is 19.3 Å². The second-order valence-corrected chi connectivity index (χ2v) is 5.61. The predicted molar refractivity (Wildman–Crippen MR) is 106 cm³/mol. The Balaban J connectivity index is 3.73. The van der Waals surface area contributed by atoms with Gasteiger partial charge in [0, 0.05) is 6.42 Å². The van der Waals surface area contributed by atoms with Gasteiger partial charge in [-0.2, -0.15) is 0 Å². The number of unbranched alkanes of at least 4 members (excludes halogenated alkanes) is 1. The van der Waals surface area contributed by atoms with E-state index in [1.165, 1.54) is 0 Å². The summed E-state index contributed by atoms with van der Waals surface area (Å²) in [6.07, 6.45) is 28.6. The molecule has 0 aromatic rings. The Morgan fingerprint density at radius 3 is 2.00 bits per heavy atom. The van der Waals surface area contributed by atoms with Gasteiger partial charge in [0.25, 0.3) is 0 Å². The Bertz CT molecular complexity index is 493. The topological polar surface area (TPSA) is 57.5 Å². The average Bonchev–Trinajstić information content (AvgIpc) is 2.58. The molecule has 0 fully saturated rings. The SMILES string of the molecule is CC/C=C\CC/C=C/C=C\C=C\C=C\C[C@@H](O)C/C=C\CCC(=O)O.